The van der Waals surface area contributed by atoms with Crippen molar-refractivity contribution in [1.29, 1.82) is 5.26 Å². The first-order valence-electron chi connectivity index (χ1n) is 6.36. The van der Waals surface area contributed by atoms with Crippen molar-refractivity contribution < 1.29 is 4.74 Å². The van der Waals surface area contributed by atoms with Gasteiger partial charge in [-0.25, -0.2) is 0 Å². The Labute approximate surface area is 127 Å². The van der Waals surface area contributed by atoms with E-state index in [2.05, 4.69) is 27.3 Å². The van der Waals surface area contributed by atoms with Gasteiger partial charge in [0.1, 0.15) is 12.4 Å². The van der Waals surface area contributed by atoms with E-state index in [-0.39, 0.29) is 0 Å². The molecule has 0 saturated carbocycles. The van der Waals surface area contributed by atoms with Crippen molar-refractivity contribution >= 4 is 15.9 Å². The van der Waals surface area contributed by atoms with Crippen molar-refractivity contribution in [2.24, 2.45) is 0 Å². The average Bonchev–Trinajstić information content (AvgIpc) is 2.47. The number of rotatable bonds is 6. The number of nitrogens with zero attached hydrogens (tertiary/aromatic N) is 1. The summed E-state index contributed by atoms with van der Waals surface area (Å²) in [5, 5.41) is 12.1. The Morgan fingerprint density at radius 2 is 2.00 bits per heavy atom. The number of hydrogen-bond acceptors (Lipinski definition) is 3. The number of benzene rings is 2. The fourth-order valence-corrected chi connectivity index (χ4v) is 2.16. The molecule has 0 fully saturated rings. The molecule has 2 aromatic rings. The molecule has 0 bridgehead atoms. The van der Waals surface area contributed by atoms with Crippen LogP contribution in [-0.4, -0.2) is 13.2 Å². The van der Waals surface area contributed by atoms with Gasteiger partial charge in [-0.15, -0.1) is 0 Å². The summed E-state index contributed by atoms with van der Waals surface area (Å²) in [6, 6.07) is 17.5. The number of ether oxygens (including phenoxy) is 1. The van der Waals surface area contributed by atoms with Crippen LogP contribution in [0.3, 0.4) is 0 Å². The van der Waals surface area contributed by atoms with Gasteiger partial charge in [0.05, 0.1) is 11.6 Å². The van der Waals surface area contributed by atoms with Crippen LogP contribution in [0.25, 0.3) is 0 Å². The Morgan fingerprint density at radius 1 is 1.15 bits per heavy atom. The second-order valence-corrected chi connectivity index (χ2v) is 5.21. The number of nitriles is 1. The smallest absolute Gasteiger partial charge is 0.120 e. The predicted octanol–water partition coefficient (Wildman–Crippen LogP) is 3.49. The van der Waals surface area contributed by atoms with Gasteiger partial charge in [-0.05, 0) is 35.9 Å². The van der Waals surface area contributed by atoms with E-state index in [4.69, 9.17) is 10.00 Å². The van der Waals surface area contributed by atoms with Gasteiger partial charge in [0.2, 0.25) is 0 Å². The molecule has 2 aromatic carbocycles. The van der Waals surface area contributed by atoms with Crippen LogP contribution in [0.15, 0.2) is 53.0 Å². The third-order valence-corrected chi connectivity index (χ3v) is 3.22. The molecule has 102 valence electrons. The Balaban J connectivity index is 1.70. The SMILES string of the molecule is N#Cc1cccc(CNCCOc2cccc(Br)c2)c1. The lowest BCUT2D eigenvalue weighted by molar-refractivity contribution is 0.313. The van der Waals surface area contributed by atoms with Crippen molar-refractivity contribution in [3.8, 4) is 11.8 Å². The van der Waals surface area contributed by atoms with E-state index in [0.717, 1.165) is 28.9 Å². The van der Waals surface area contributed by atoms with Crippen molar-refractivity contribution in [1.82, 2.24) is 5.32 Å². The zero-order valence-corrected chi connectivity index (χ0v) is 12.6. The third-order valence-electron chi connectivity index (χ3n) is 2.73. The first-order chi connectivity index (χ1) is 9.78. The fourth-order valence-electron chi connectivity index (χ4n) is 1.78. The molecule has 0 aliphatic carbocycles. The van der Waals surface area contributed by atoms with Crippen molar-refractivity contribution in [2.45, 2.75) is 6.54 Å². The van der Waals surface area contributed by atoms with E-state index < -0.39 is 0 Å². The highest BCUT2D eigenvalue weighted by Gasteiger charge is 1.97. The summed E-state index contributed by atoms with van der Waals surface area (Å²) in [5.74, 6) is 0.854. The highest BCUT2D eigenvalue weighted by molar-refractivity contribution is 9.10. The minimum atomic E-state index is 0.606. The van der Waals surface area contributed by atoms with Gasteiger partial charge < -0.3 is 10.1 Å². The Hall–Kier alpha value is -1.83. The molecule has 0 atom stereocenters. The van der Waals surface area contributed by atoms with Crippen molar-refractivity contribution in [3.05, 3.63) is 64.1 Å². The third kappa shape index (κ3) is 4.69. The quantitative estimate of drug-likeness (QED) is 0.824. The van der Waals surface area contributed by atoms with Crippen LogP contribution in [0.5, 0.6) is 5.75 Å². The van der Waals surface area contributed by atoms with Gasteiger partial charge in [-0.1, -0.05) is 34.1 Å². The first kappa shape index (κ1) is 14.6. The molecular formula is C16H15BrN2O. The standard InChI is InChI=1S/C16H15BrN2O/c17-15-5-2-6-16(10-15)20-8-7-19-12-14-4-1-3-13(9-14)11-18/h1-6,9-10,19H,7-8,12H2. The van der Waals surface area contributed by atoms with Crippen LogP contribution in [0.1, 0.15) is 11.1 Å². The lowest BCUT2D eigenvalue weighted by Gasteiger charge is -2.08. The van der Waals surface area contributed by atoms with E-state index in [1.54, 1.807) is 6.07 Å². The zero-order valence-electron chi connectivity index (χ0n) is 11.0. The monoisotopic (exact) mass is 330 g/mol. The van der Waals surface area contributed by atoms with E-state index in [9.17, 15) is 0 Å². The summed E-state index contributed by atoms with van der Waals surface area (Å²) in [5.41, 5.74) is 1.79. The van der Waals surface area contributed by atoms with E-state index in [0.29, 0.717) is 12.2 Å². The molecule has 4 heteroatoms. The summed E-state index contributed by atoms with van der Waals surface area (Å²) < 4.78 is 6.64. The van der Waals surface area contributed by atoms with Gasteiger partial charge in [0, 0.05) is 17.6 Å². The average molecular weight is 331 g/mol. The molecule has 0 heterocycles. The second kappa shape index (κ2) is 7.68. The minimum Gasteiger partial charge on any atom is -0.492 e. The van der Waals surface area contributed by atoms with Gasteiger partial charge >= 0.3 is 0 Å². The van der Waals surface area contributed by atoms with Crippen LogP contribution >= 0.6 is 15.9 Å². The first-order valence-corrected chi connectivity index (χ1v) is 7.15. The van der Waals surface area contributed by atoms with Crippen LogP contribution in [0, 0.1) is 11.3 Å². The zero-order chi connectivity index (χ0) is 14.2. The molecular weight excluding hydrogens is 316 g/mol. The summed E-state index contributed by atoms with van der Waals surface area (Å²) in [7, 11) is 0. The number of nitrogens with one attached hydrogen (secondary N) is 1. The van der Waals surface area contributed by atoms with Crippen LogP contribution in [-0.2, 0) is 6.54 Å². The van der Waals surface area contributed by atoms with Gasteiger partial charge in [-0.3, -0.25) is 0 Å². The van der Waals surface area contributed by atoms with Gasteiger partial charge in [0.15, 0.2) is 0 Å². The normalized spacial score (nSPS) is 10.0. The molecule has 2 rings (SSSR count). The maximum atomic E-state index is 8.83. The maximum absolute atomic E-state index is 8.83. The molecule has 0 aromatic heterocycles. The molecule has 0 saturated heterocycles. The van der Waals surface area contributed by atoms with Gasteiger partial charge in [-0.2, -0.15) is 5.26 Å². The molecule has 1 N–H and O–H groups in total. The van der Waals surface area contributed by atoms with Gasteiger partial charge in [0.25, 0.3) is 0 Å². The van der Waals surface area contributed by atoms with E-state index in [1.807, 2.05) is 42.5 Å². The molecule has 0 amide bonds. The molecule has 3 nitrogen and oxygen atoms in total. The highest BCUT2D eigenvalue weighted by atomic mass is 79.9. The molecule has 0 radical (unpaired) electrons. The molecule has 0 spiro atoms. The minimum absolute atomic E-state index is 0.606. The summed E-state index contributed by atoms with van der Waals surface area (Å²) in [4.78, 5) is 0. The Bertz CT molecular complexity index is 607. The Kier molecular flexibility index (Phi) is 5.60. The van der Waals surface area contributed by atoms with Crippen LogP contribution < -0.4 is 10.1 Å². The Morgan fingerprint density at radius 3 is 2.80 bits per heavy atom. The number of hydrogen-bond donors (Lipinski definition) is 1. The predicted molar refractivity (Wildman–Crippen MR) is 82.5 cm³/mol. The van der Waals surface area contributed by atoms with E-state index in [1.165, 1.54) is 0 Å². The molecule has 0 aliphatic rings. The van der Waals surface area contributed by atoms with Crippen molar-refractivity contribution in [2.75, 3.05) is 13.2 Å². The second-order valence-electron chi connectivity index (χ2n) is 4.29. The topological polar surface area (TPSA) is 45.0 Å². The lowest BCUT2D eigenvalue weighted by Crippen LogP contribution is -2.20. The summed E-state index contributed by atoms with van der Waals surface area (Å²) in [6.45, 7) is 2.09. The highest BCUT2D eigenvalue weighted by Crippen LogP contribution is 2.17. The lowest BCUT2D eigenvalue weighted by atomic mass is 10.1. The maximum Gasteiger partial charge on any atom is 0.120 e. The molecule has 0 unspecified atom stereocenters. The van der Waals surface area contributed by atoms with Crippen molar-refractivity contribution in [3.63, 3.8) is 0 Å². The van der Waals surface area contributed by atoms with Crippen LogP contribution in [0.4, 0.5) is 0 Å². The molecule has 20 heavy (non-hydrogen) atoms. The van der Waals surface area contributed by atoms with E-state index >= 15 is 0 Å². The fraction of sp³-hybridized carbons (Fsp3) is 0.188. The van der Waals surface area contributed by atoms with Crippen LogP contribution in [0.2, 0.25) is 0 Å². The summed E-state index contributed by atoms with van der Waals surface area (Å²) in [6.07, 6.45) is 0. The largest absolute Gasteiger partial charge is 0.492 e. The molecule has 0 aliphatic heterocycles. The summed E-state index contributed by atoms with van der Waals surface area (Å²) >= 11 is 3.41. The number of halogens is 1.